The van der Waals surface area contributed by atoms with Crippen molar-refractivity contribution in [3.8, 4) is 0 Å². The van der Waals surface area contributed by atoms with E-state index >= 15 is 0 Å². The Kier molecular flexibility index (Phi) is 18.0. The van der Waals surface area contributed by atoms with E-state index < -0.39 is 0 Å². The summed E-state index contributed by atoms with van der Waals surface area (Å²) in [5, 5.41) is 9.13. The Morgan fingerprint density at radius 2 is 0.952 bits per heavy atom. The van der Waals surface area contributed by atoms with Gasteiger partial charge in [0.25, 0.3) is 0 Å². The highest BCUT2D eigenvalue weighted by molar-refractivity contribution is 4.56. The van der Waals surface area contributed by atoms with Gasteiger partial charge in [-0.2, -0.15) is 0 Å². The molecule has 128 valence electrons. The van der Waals surface area contributed by atoms with Crippen LogP contribution in [0.4, 0.5) is 0 Å². The summed E-state index contributed by atoms with van der Waals surface area (Å²) in [6.07, 6.45) is 22.3. The quantitative estimate of drug-likeness (QED) is 0.290. The Morgan fingerprint density at radius 3 is 1.29 bits per heavy atom. The Bertz CT molecular complexity index is 175. The fraction of sp³-hybridized carbons (Fsp3) is 1.00. The van der Waals surface area contributed by atoms with Crippen LogP contribution in [0.2, 0.25) is 0 Å². The monoisotopic (exact) mass is 298 g/mol. The predicted octanol–water partition coefficient (Wildman–Crippen LogP) is 6.88. The molecule has 0 saturated heterocycles. The van der Waals surface area contributed by atoms with Crippen molar-refractivity contribution in [2.24, 2.45) is 5.92 Å². The van der Waals surface area contributed by atoms with Crippen molar-refractivity contribution < 1.29 is 5.11 Å². The van der Waals surface area contributed by atoms with E-state index in [0.29, 0.717) is 12.5 Å². The SMILES string of the molecule is CCCCCCCCCCCCCCCCC(CC)CO. The molecule has 0 saturated carbocycles. The summed E-state index contributed by atoms with van der Waals surface area (Å²) in [6.45, 7) is 4.86. The van der Waals surface area contributed by atoms with Gasteiger partial charge in [-0.25, -0.2) is 0 Å². The molecule has 1 N–H and O–H groups in total. The Morgan fingerprint density at radius 1 is 0.571 bits per heavy atom. The van der Waals surface area contributed by atoms with Crippen molar-refractivity contribution in [3.63, 3.8) is 0 Å². The Hall–Kier alpha value is -0.0400. The van der Waals surface area contributed by atoms with Crippen LogP contribution in [0.25, 0.3) is 0 Å². The summed E-state index contributed by atoms with van der Waals surface area (Å²) in [6, 6.07) is 0. The molecule has 0 aromatic carbocycles. The molecule has 0 amide bonds. The maximum atomic E-state index is 9.13. The zero-order valence-corrected chi connectivity index (χ0v) is 15.0. The Balaban J connectivity index is 3.02. The summed E-state index contributed by atoms with van der Waals surface area (Å²) in [5.41, 5.74) is 0. The molecule has 0 fully saturated rings. The lowest BCUT2D eigenvalue weighted by Crippen LogP contribution is -2.03. The van der Waals surface area contributed by atoms with Crippen LogP contribution in [-0.2, 0) is 0 Å². The molecule has 0 spiro atoms. The van der Waals surface area contributed by atoms with Crippen molar-refractivity contribution in [1.29, 1.82) is 0 Å². The van der Waals surface area contributed by atoms with Gasteiger partial charge in [-0.3, -0.25) is 0 Å². The first-order valence-corrected chi connectivity index (χ1v) is 9.96. The molecule has 0 aliphatic rings. The van der Waals surface area contributed by atoms with Crippen LogP contribution >= 0.6 is 0 Å². The standard InChI is InChI=1S/C20H42O/c1-3-5-6-7-8-9-10-11-12-13-14-15-16-17-18-20(4-2)19-21/h20-21H,3-19H2,1-2H3. The molecule has 0 aromatic rings. The van der Waals surface area contributed by atoms with Gasteiger partial charge < -0.3 is 5.11 Å². The molecular weight excluding hydrogens is 256 g/mol. The number of hydrogen-bond acceptors (Lipinski definition) is 1. The van der Waals surface area contributed by atoms with Gasteiger partial charge >= 0.3 is 0 Å². The van der Waals surface area contributed by atoms with E-state index in [4.69, 9.17) is 5.11 Å². The molecule has 1 heteroatoms. The van der Waals surface area contributed by atoms with Gasteiger partial charge in [0.1, 0.15) is 0 Å². The molecule has 1 atom stereocenters. The lowest BCUT2D eigenvalue weighted by Gasteiger charge is -2.10. The maximum absolute atomic E-state index is 9.13. The summed E-state index contributed by atoms with van der Waals surface area (Å²) in [4.78, 5) is 0. The topological polar surface area (TPSA) is 20.2 Å². The van der Waals surface area contributed by atoms with Crippen LogP contribution in [0, 0.1) is 5.92 Å². The van der Waals surface area contributed by atoms with Crippen LogP contribution in [0.5, 0.6) is 0 Å². The number of rotatable bonds is 17. The van der Waals surface area contributed by atoms with Crippen LogP contribution in [-0.4, -0.2) is 11.7 Å². The summed E-state index contributed by atoms with van der Waals surface area (Å²) >= 11 is 0. The summed E-state index contributed by atoms with van der Waals surface area (Å²) < 4.78 is 0. The molecule has 21 heavy (non-hydrogen) atoms. The molecule has 0 bridgehead atoms. The average molecular weight is 299 g/mol. The van der Waals surface area contributed by atoms with E-state index in [1.165, 1.54) is 96.3 Å². The first-order chi connectivity index (χ1) is 10.3. The largest absolute Gasteiger partial charge is 0.396 e. The Labute approximate surface area is 134 Å². The van der Waals surface area contributed by atoms with E-state index in [2.05, 4.69) is 13.8 Å². The van der Waals surface area contributed by atoms with Crippen LogP contribution in [0.15, 0.2) is 0 Å². The van der Waals surface area contributed by atoms with Crippen LogP contribution in [0.1, 0.15) is 117 Å². The zero-order chi connectivity index (χ0) is 15.6. The molecule has 0 rings (SSSR count). The van der Waals surface area contributed by atoms with Crippen molar-refractivity contribution >= 4 is 0 Å². The molecule has 0 radical (unpaired) electrons. The predicted molar refractivity (Wildman–Crippen MR) is 95.8 cm³/mol. The van der Waals surface area contributed by atoms with Crippen molar-refractivity contribution in [3.05, 3.63) is 0 Å². The lowest BCUT2D eigenvalue weighted by atomic mass is 9.98. The number of aliphatic hydroxyl groups is 1. The van der Waals surface area contributed by atoms with Crippen molar-refractivity contribution in [2.75, 3.05) is 6.61 Å². The van der Waals surface area contributed by atoms with Gasteiger partial charge in [-0.05, 0) is 12.3 Å². The number of aliphatic hydroxyl groups excluding tert-OH is 1. The third kappa shape index (κ3) is 16.2. The molecule has 0 aliphatic heterocycles. The average Bonchev–Trinajstić information content (AvgIpc) is 2.51. The number of unbranched alkanes of at least 4 members (excludes halogenated alkanes) is 13. The van der Waals surface area contributed by atoms with E-state index in [-0.39, 0.29) is 0 Å². The van der Waals surface area contributed by atoms with E-state index in [1.807, 2.05) is 0 Å². The molecule has 0 aliphatic carbocycles. The van der Waals surface area contributed by atoms with Gasteiger partial charge in [0.2, 0.25) is 0 Å². The minimum Gasteiger partial charge on any atom is -0.396 e. The van der Waals surface area contributed by atoms with Gasteiger partial charge in [0.15, 0.2) is 0 Å². The lowest BCUT2D eigenvalue weighted by molar-refractivity contribution is 0.211. The van der Waals surface area contributed by atoms with E-state index in [9.17, 15) is 0 Å². The highest BCUT2D eigenvalue weighted by Crippen LogP contribution is 2.16. The fourth-order valence-electron chi connectivity index (χ4n) is 3.05. The molecule has 0 heterocycles. The van der Waals surface area contributed by atoms with E-state index in [1.54, 1.807) is 0 Å². The minimum atomic E-state index is 0.384. The van der Waals surface area contributed by atoms with Gasteiger partial charge in [-0.15, -0.1) is 0 Å². The summed E-state index contributed by atoms with van der Waals surface area (Å²) in [7, 11) is 0. The first-order valence-electron chi connectivity index (χ1n) is 9.96. The van der Waals surface area contributed by atoms with Crippen LogP contribution < -0.4 is 0 Å². The summed E-state index contributed by atoms with van der Waals surface area (Å²) in [5.74, 6) is 0.558. The number of hydrogen-bond donors (Lipinski definition) is 1. The highest BCUT2D eigenvalue weighted by Gasteiger charge is 2.03. The first kappa shape index (κ1) is 21.0. The normalized spacial score (nSPS) is 12.7. The minimum absolute atomic E-state index is 0.384. The smallest absolute Gasteiger partial charge is 0.0459 e. The van der Waals surface area contributed by atoms with Crippen LogP contribution in [0.3, 0.4) is 0 Å². The zero-order valence-electron chi connectivity index (χ0n) is 15.0. The molecule has 1 nitrogen and oxygen atoms in total. The third-order valence-electron chi connectivity index (χ3n) is 4.80. The third-order valence-corrected chi connectivity index (χ3v) is 4.80. The molecule has 1 unspecified atom stereocenters. The second-order valence-electron chi connectivity index (χ2n) is 6.84. The molecular formula is C20H42O. The van der Waals surface area contributed by atoms with Gasteiger partial charge in [0.05, 0.1) is 0 Å². The second kappa shape index (κ2) is 18.0. The fourth-order valence-corrected chi connectivity index (χ4v) is 3.05. The molecule has 0 aromatic heterocycles. The van der Waals surface area contributed by atoms with Gasteiger partial charge in [-0.1, -0.05) is 110 Å². The second-order valence-corrected chi connectivity index (χ2v) is 6.84. The van der Waals surface area contributed by atoms with Gasteiger partial charge in [0, 0.05) is 6.61 Å². The van der Waals surface area contributed by atoms with Crippen molar-refractivity contribution in [2.45, 2.75) is 117 Å². The van der Waals surface area contributed by atoms with E-state index in [0.717, 1.165) is 6.42 Å². The highest BCUT2D eigenvalue weighted by atomic mass is 16.3. The maximum Gasteiger partial charge on any atom is 0.0459 e. The van der Waals surface area contributed by atoms with Crippen molar-refractivity contribution in [1.82, 2.24) is 0 Å².